The van der Waals surface area contributed by atoms with Crippen molar-refractivity contribution < 1.29 is 23.0 Å². The number of benzene rings is 3. The number of methoxy groups -OCH3 is 1. The van der Waals surface area contributed by atoms with Gasteiger partial charge in [0.1, 0.15) is 11.5 Å². The van der Waals surface area contributed by atoms with Gasteiger partial charge in [0.2, 0.25) is 0 Å². The first kappa shape index (κ1) is 19.4. The van der Waals surface area contributed by atoms with Gasteiger partial charge >= 0.3 is 6.61 Å². The highest BCUT2D eigenvalue weighted by Gasteiger charge is 2.18. The summed E-state index contributed by atoms with van der Waals surface area (Å²) in [7, 11) is 1.53. The number of hydrogen-bond donors (Lipinski definition) is 1. The highest BCUT2D eigenvalue weighted by atomic mass is 19.3. The molecule has 0 aliphatic rings. The molecule has 0 aromatic heterocycles. The molecule has 0 saturated carbocycles. The fourth-order valence-corrected chi connectivity index (χ4v) is 2.83. The average molecular weight is 383 g/mol. The second-order valence-electron chi connectivity index (χ2n) is 6.00. The first-order valence-electron chi connectivity index (χ1n) is 8.61. The van der Waals surface area contributed by atoms with Crippen molar-refractivity contribution in [2.45, 2.75) is 12.7 Å². The molecule has 3 aromatic carbocycles. The van der Waals surface area contributed by atoms with E-state index in [0.29, 0.717) is 11.3 Å². The monoisotopic (exact) mass is 383 g/mol. The molecule has 0 radical (unpaired) electrons. The predicted molar refractivity (Wildman–Crippen MR) is 102 cm³/mol. The van der Waals surface area contributed by atoms with Gasteiger partial charge in [-0.05, 0) is 41.5 Å². The number of carbonyl (C=O) groups is 1. The molecule has 0 spiro atoms. The molecule has 0 unspecified atom stereocenters. The van der Waals surface area contributed by atoms with E-state index in [-0.39, 0.29) is 11.7 Å². The lowest BCUT2D eigenvalue weighted by Gasteiger charge is -2.20. The molecule has 1 N–H and O–H groups in total. The van der Waals surface area contributed by atoms with Gasteiger partial charge in [-0.2, -0.15) is 8.78 Å². The van der Waals surface area contributed by atoms with E-state index in [4.69, 9.17) is 4.74 Å². The Morgan fingerprint density at radius 2 is 1.54 bits per heavy atom. The third kappa shape index (κ3) is 4.85. The van der Waals surface area contributed by atoms with Crippen molar-refractivity contribution in [3.8, 4) is 11.5 Å². The lowest BCUT2D eigenvalue weighted by Crippen LogP contribution is -2.29. The summed E-state index contributed by atoms with van der Waals surface area (Å²) in [5.74, 6) is 0.364. The average Bonchev–Trinajstić information content (AvgIpc) is 2.73. The van der Waals surface area contributed by atoms with Crippen molar-refractivity contribution in [1.29, 1.82) is 0 Å². The molecular formula is C22H19F2NO3. The van der Waals surface area contributed by atoms with Crippen LogP contribution in [0.2, 0.25) is 0 Å². The van der Waals surface area contributed by atoms with Crippen LogP contribution < -0.4 is 14.8 Å². The highest BCUT2D eigenvalue weighted by molar-refractivity contribution is 5.95. The number of nitrogens with one attached hydrogen (secondary N) is 1. The van der Waals surface area contributed by atoms with Crippen molar-refractivity contribution in [3.05, 3.63) is 95.6 Å². The maximum atomic E-state index is 12.8. The summed E-state index contributed by atoms with van der Waals surface area (Å²) in [4.78, 5) is 12.8. The van der Waals surface area contributed by atoms with Crippen LogP contribution in [0.5, 0.6) is 11.5 Å². The molecule has 0 aliphatic carbocycles. The topological polar surface area (TPSA) is 47.6 Å². The maximum absolute atomic E-state index is 12.8. The maximum Gasteiger partial charge on any atom is 0.387 e. The summed E-state index contributed by atoms with van der Waals surface area (Å²) in [5.41, 5.74) is 2.06. The second kappa shape index (κ2) is 8.99. The Kier molecular flexibility index (Phi) is 6.22. The van der Waals surface area contributed by atoms with Gasteiger partial charge in [0.25, 0.3) is 5.91 Å². The summed E-state index contributed by atoms with van der Waals surface area (Å²) in [6.45, 7) is -2.89. The number of halogens is 2. The molecule has 144 valence electrons. The Bertz CT molecular complexity index is 915. The van der Waals surface area contributed by atoms with Crippen LogP contribution in [0.25, 0.3) is 0 Å². The Morgan fingerprint density at radius 3 is 2.18 bits per heavy atom. The fraction of sp³-hybridized carbons (Fsp3) is 0.136. The summed E-state index contributed by atoms with van der Waals surface area (Å²) >= 11 is 0. The van der Waals surface area contributed by atoms with E-state index in [0.717, 1.165) is 11.1 Å². The van der Waals surface area contributed by atoms with Crippen LogP contribution in [0.4, 0.5) is 8.78 Å². The number of ether oxygens (including phenoxy) is 2. The van der Waals surface area contributed by atoms with E-state index in [1.165, 1.54) is 19.2 Å². The predicted octanol–water partition coefficient (Wildman–Crippen LogP) is 4.82. The Morgan fingerprint density at radius 1 is 0.857 bits per heavy atom. The van der Waals surface area contributed by atoms with Gasteiger partial charge in [0.15, 0.2) is 0 Å². The van der Waals surface area contributed by atoms with Crippen molar-refractivity contribution in [2.24, 2.45) is 0 Å². The van der Waals surface area contributed by atoms with Gasteiger partial charge in [-0.25, -0.2) is 0 Å². The molecule has 0 saturated heterocycles. The van der Waals surface area contributed by atoms with Crippen LogP contribution in [0.15, 0.2) is 78.9 Å². The Hall–Kier alpha value is -3.41. The number of hydrogen-bond acceptors (Lipinski definition) is 3. The van der Waals surface area contributed by atoms with Gasteiger partial charge in [-0.3, -0.25) is 4.79 Å². The molecule has 0 bridgehead atoms. The van der Waals surface area contributed by atoms with Crippen LogP contribution in [0, 0.1) is 0 Å². The first-order valence-corrected chi connectivity index (χ1v) is 8.61. The number of alkyl halides is 2. The van der Waals surface area contributed by atoms with Gasteiger partial charge in [-0.1, -0.05) is 48.5 Å². The van der Waals surface area contributed by atoms with Crippen molar-refractivity contribution in [3.63, 3.8) is 0 Å². The van der Waals surface area contributed by atoms with Crippen LogP contribution in [0.3, 0.4) is 0 Å². The minimum Gasteiger partial charge on any atom is -0.497 e. The van der Waals surface area contributed by atoms with Gasteiger partial charge < -0.3 is 14.8 Å². The zero-order chi connectivity index (χ0) is 19.9. The molecule has 1 atom stereocenters. The summed E-state index contributed by atoms with van der Waals surface area (Å²) in [5, 5.41) is 2.99. The first-order chi connectivity index (χ1) is 13.6. The zero-order valence-corrected chi connectivity index (χ0v) is 15.1. The fourth-order valence-electron chi connectivity index (χ4n) is 2.83. The number of rotatable bonds is 7. The number of amides is 1. The lowest BCUT2D eigenvalue weighted by atomic mass is 9.98. The third-order valence-electron chi connectivity index (χ3n) is 4.18. The quantitative estimate of drug-likeness (QED) is 0.637. The van der Waals surface area contributed by atoms with Crippen molar-refractivity contribution in [2.75, 3.05) is 7.11 Å². The molecule has 1 amide bonds. The molecule has 28 heavy (non-hydrogen) atoms. The third-order valence-corrected chi connectivity index (χ3v) is 4.18. The normalized spacial score (nSPS) is 11.7. The molecular weight excluding hydrogens is 364 g/mol. The van der Waals surface area contributed by atoms with Crippen molar-refractivity contribution in [1.82, 2.24) is 5.32 Å². The zero-order valence-electron chi connectivity index (χ0n) is 15.1. The molecule has 4 nitrogen and oxygen atoms in total. The van der Waals surface area contributed by atoms with Crippen LogP contribution in [-0.2, 0) is 0 Å². The SMILES string of the molecule is COc1cccc(C(=O)N[C@@H](c2ccccc2)c2ccc(OC(F)F)cc2)c1. The molecule has 0 heterocycles. The number of carbonyl (C=O) groups excluding carboxylic acids is 1. The van der Waals surface area contributed by atoms with Gasteiger partial charge in [0.05, 0.1) is 13.2 Å². The van der Waals surface area contributed by atoms with Crippen LogP contribution in [-0.4, -0.2) is 19.6 Å². The molecule has 6 heteroatoms. The molecule has 3 aromatic rings. The van der Waals surface area contributed by atoms with Gasteiger partial charge in [-0.15, -0.1) is 0 Å². The highest BCUT2D eigenvalue weighted by Crippen LogP contribution is 2.25. The minimum absolute atomic E-state index is 0.0599. The van der Waals surface area contributed by atoms with E-state index >= 15 is 0 Å². The summed E-state index contributed by atoms with van der Waals surface area (Å²) < 4.78 is 34.3. The van der Waals surface area contributed by atoms with E-state index < -0.39 is 12.7 Å². The molecule has 0 fully saturated rings. The van der Waals surface area contributed by atoms with Gasteiger partial charge in [0, 0.05) is 5.56 Å². The van der Waals surface area contributed by atoms with Crippen LogP contribution >= 0.6 is 0 Å². The largest absolute Gasteiger partial charge is 0.497 e. The molecule has 3 rings (SSSR count). The minimum atomic E-state index is -2.89. The lowest BCUT2D eigenvalue weighted by molar-refractivity contribution is -0.0498. The second-order valence-corrected chi connectivity index (χ2v) is 6.00. The molecule has 0 aliphatic heterocycles. The van der Waals surface area contributed by atoms with Crippen LogP contribution in [0.1, 0.15) is 27.5 Å². The summed E-state index contributed by atoms with van der Waals surface area (Å²) in [6, 6.07) is 22.0. The Balaban J connectivity index is 1.88. The smallest absolute Gasteiger partial charge is 0.387 e. The van der Waals surface area contributed by atoms with E-state index in [1.807, 2.05) is 30.3 Å². The van der Waals surface area contributed by atoms with E-state index in [2.05, 4.69) is 10.1 Å². The van der Waals surface area contributed by atoms with E-state index in [1.54, 1.807) is 36.4 Å². The summed E-state index contributed by atoms with van der Waals surface area (Å²) in [6.07, 6.45) is 0. The van der Waals surface area contributed by atoms with E-state index in [9.17, 15) is 13.6 Å². The Labute approximate surface area is 161 Å². The standard InChI is InChI=1S/C22H19F2NO3/c1-27-19-9-5-8-17(14-19)21(26)25-20(15-6-3-2-4-7-15)16-10-12-18(13-11-16)28-22(23)24/h2-14,20,22H,1H3,(H,25,26)/t20-/m0/s1. The van der Waals surface area contributed by atoms with Crippen molar-refractivity contribution >= 4 is 5.91 Å².